The first-order valence-corrected chi connectivity index (χ1v) is 10.1. The number of anilines is 1. The fourth-order valence-electron chi connectivity index (χ4n) is 2.92. The Balaban J connectivity index is 1.39. The van der Waals surface area contributed by atoms with Crippen molar-refractivity contribution >= 4 is 34.5 Å². The van der Waals surface area contributed by atoms with Gasteiger partial charge in [-0.1, -0.05) is 36.0 Å². The summed E-state index contributed by atoms with van der Waals surface area (Å²) in [5.74, 6) is 1.34. The Morgan fingerprint density at radius 2 is 1.93 bits per heavy atom. The standard InChI is InChI=1S/C21H21N5OS/c1-14(2)26-19(11-12-22-26)25-20(27)16-9-7-15(8-10-16)13-28-21-23-17-5-3-4-6-18(17)24-21/h3-12,14H,13H2,1-2H3,(H,23,24)(H,25,27). The van der Waals surface area contributed by atoms with Crippen molar-refractivity contribution in [3.63, 3.8) is 0 Å². The van der Waals surface area contributed by atoms with Crippen LogP contribution in [0, 0.1) is 0 Å². The lowest BCUT2D eigenvalue weighted by molar-refractivity contribution is 0.102. The highest BCUT2D eigenvalue weighted by Gasteiger charge is 2.11. The molecule has 0 radical (unpaired) electrons. The maximum atomic E-state index is 12.5. The van der Waals surface area contributed by atoms with Gasteiger partial charge in [-0.15, -0.1) is 0 Å². The number of carbonyl (C=O) groups is 1. The predicted octanol–water partition coefficient (Wildman–Crippen LogP) is 4.88. The van der Waals surface area contributed by atoms with Gasteiger partial charge < -0.3 is 10.3 Å². The van der Waals surface area contributed by atoms with Gasteiger partial charge in [0.2, 0.25) is 0 Å². The summed E-state index contributed by atoms with van der Waals surface area (Å²) in [4.78, 5) is 20.4. The van der Waals surface area contributed by atoms with E-state index in [-0.39, 0.29) is 11.9 Å². The van der Waals surface area contributed by atoms with E-state index in [9.17, 15) is 4.79 Å². The molecular formula is C21H21N5OS. The Morgan fingerprint density at radius 3 is 2.68 bits per heavy atom. The Bertz CT molecular complexity index is 1060. The van der Waals surface area contributed by atoms with Crippen LogP contribution < -0.4 is 5.32 Å². The van der Waals surface area contributed by atoms with E-state index in [4.69, 9.17) is 0 Å². The van der Waals surface area contributed by atoms with Crippen LogP contribution in [0.5, 0.6) is 0 Å². The van der Waals surface area contributed by atoms with Crippen LogP contribution in [0.1, 0.15) is 35.8 Å². The number of carbonyl (C=O) groups excluding carboxylic acids is 1. The molecule has 2 N–H and O–H groups in total. The Morgan fingerprint density at radius 1 is 1.14 bits per heavy atom. The molecule has 142 valence electrons. The van der Waals surface area contributed by atoms with Crippen molar-refractivity contribution in [3.05, 3.63) is 71.9 Å². The molecule has 4 aromatic rings. The lowest BCUT2D eigenvalue weighted by Crippen LogP contribution is -2.16. The number of imidazole rings is 1. The zero-order valence-electron chi connectivity index (χ0n) is 15.7. The maximum Gasteiger partial charge on any atom is 0.256 e. The molecule has 2 heterocycles. The monoisotopic (exact) mass is 391 g/mol. The minimum atomic E-state index is -0.140. The van der Waals surface area contributed by atoms with E-state index in [0.29, 0.717) is 11.4 Å². The van der Waals surface area contributed by atoms with E-state index in [1.165, 1.54) is 0 Å². The highest BCUT2D eigenvalue weighted by atomic mass is 32.2. The van der Waals surface area contributed by atoms with E-state index in [1.807, 2.05) is 62.4 Å². The van der Waals surface area contributed by atoms with Gasteiger partial charge in [-0.2, -0.15) is 5.10 Å². The van der Waals surface area contributed by atoms with E-state index in [1.54, 1.807) is 28.7 Å². The van der Waals surface area contributed by atoms with Gasteiger partial charge in [0.15, 0.2) is 5.16 Å². The number of hydrogen-bond donors (Lipinski definition) is 2. The van der Waals surface area contributed by atoms with Crippen molar-refractivity contribution in [2.45, 2.75) is 30.8 Å². The molecule has 1 amide bonds. The molecule has 28 heavy (non-hydrogen) atoms. The lowest BCUT2D eigenvalue weighted by atomic mass is 10.1. The molecule has 0 fully saturated rings. The van der Waals surface area contributed by atoms with Crippen molar-refractivity contribution < 1.29 is 4.79 Å². The van der Waals surface area contributed by atoms with Crippen LogP contribution in [-0.4, -0.2) is 25.7 Å². The van der Waals surface area contributed by atoms with E-state index in [0.717, 1.165) is 27.5 Å². The van der Waals surface area contributed by atoms with E-state index in [2.05, 4.69) is 20.4 Å². The molecule has 0 aliphatic heterocycles. The second-order valence-corrected chi connectivity index (χ2v) is 7.72. The largest absolute Gasteiger partial charge is 0.333 e. The fourth-order valence-corrected chi connectivity index (χ4v) is 3.76. The first-order valence-electron chi connectivity index (χ1n) is 9.11. The zero-order valence-corrected chi connectivity index (χ0v) is 16.5. The smallest absolute Gasteiger partial charge is 0.256 e. The minimum absolute atomic E-state index is 0.140. The first-order chi connectivity index (χ1) is 13.6. The number of para-hydroxylation sites is 2. The molecule has 0 spiro atoms. The second kappa shape index (κ2) is 7.90. The molecule has 6 nitrogen and oxygen atoms in total. The van der Waals surface area contributed by atoms with Crippen LogP contribution in [-0.2, 0) is 5.75 Å². The van der Waals surface area contributed by atoms with Gasteiger partial charge in [0, 0.05) is 23.4 Å². The summed E-state index contributed by atoms with van der Waals surface area (Å²) in [6.07, 6.45) is 1.69. The molecule has 0 bridgehead atoms. The van der Waals surface area contributed by atoms with Gasteiger partial charge in [0.05, 0.1) is 17.2 Å². The molecule has 0 saturated carbocycles. The summed E-state index contributed by atoms with van der Waals surface area (Å²) >= 11 is 1.64. The third-order valence-electron chi connectivity index (χ3n) is 4.36. The summed E-state index contributed by atoms with van der Waals surface area (Å²) in [5, 5.41) is 8.05. The van der Waals surface area contributed by atoms with Gasteiger partial charge in [-0.25, -0.2) is 9.67 Å². The molecule has 2 aromatic carbocycles. The van der Waals surface area contributed by atoms with Crippen LogP contribution in [0.2, 0.25) is 0 Å². The van der Waals surface area contributed by atoms with Gasteiger partial charge in [0.25, 0.3) is 5.91 Å². The Kier molecular flexibility index (Phi) is 5.16. The van der Waals surface area contributed by atoms with Crippen LogP contribution in [0.3, 0.4) is 0 Å². The van der Waals surface area contributed by atoms with Crippen molar-refractivity contribution in [1.82, 2.24) is 19.7 Å². The number of benzene rings is 2. The van der Waals surface area contributed by atoms with Gasteiger partial charge >= 0.3 is 0 Å². The van der Waals surface area contributed by atoms with Crippen LogP contribution in [0.4, 0.5) is 5.82 Å². The average molecular weight is 392 g/mol. The molecule has 0 aliphatic rings. The predicted molar refractivity (Wildman–Crippen MR) is 113 cm³/mol. The Hall–Kier alpha value is -3.06. The summed E-state index contributed by atoms with van der Waals surface area (Å²) < 4.78 is 1.79. The number of aromatic amines is 1. The summed E-state index contributed by atoms with van der Waals surface area (Å²) in [6, 6.07) is 17.6. The van der Waals surface area contributed by atoms with Crippen LogP contribution >= 0.6 is 11.8 Å². The molecule has 0 aliphatic carbocycles. The lowest BCUT2D eigenvalue weighted by Gasteiger charge is -2.12. The van der Waals surface area contributed by atoms with Crippen molar-refractivity contribution in [1.29, 1.82) is 0 Å². The number of H-pyrrole nitrogens is 1. The van der Waals surface area contributed by atoms with Crippen molar-refractivity contribution in [2.75, 3.05) is 5.32 Å². The third kappa shape index (κ3) is 3.94. The Labute approximate surface area is 167 Å². The molecule has 0 atom stereocenters. The fraction of sp³-hybridized carbons (Fsp3) is 0.190. The van der Waals surface area contributed by atoms with E-state index < -0.39 is 0 Å². The molecule has 2 aromatic heterocycles. The number of rotatable bonds is 6. The summed E-state index contributed by atoms with van der Waals surface area (Å²) in [7, 11) is 0. The van der Waals surface area contributed by atoms with Crippen molar-refractivity contribution in [2.24, 2.45) is 0 Å². The van der Waals surface area contributed by atoms with Crippen LogP contribution in [0.15, 0.2) is 66.0 Å². The van der Waals surface area contributed by atoms with Gasteiger partial charge in [-0.3, -0.25) is 4.79 Å². The SMILES string of the molecule is CC(C)n1nccc1NC(=O)c1ccc(CSc2nc3ccccc3[nH]2)cc1. The molecule has 4 rings (SSSR count). The minimum Gasteiger partial charge on any atom is -0.333 e. The number of thioether (sulfide) groups is 1. The molecule has 0 unspecified atom stereocenters. The number of fused-ring (bicyclic) bond motifs is 1. The molecular weight excluding hydrogens is 370 g/mol. The van der Waals surface area contributed by atoms with Crippen molar-refractivity contribution in [3.8, 4) is 0 Å². The highest BCUT2D eigenvalue weighted by Crippen LogP contribution is 2.23. The second-order valence-electron chi connectivity index (χ2n) is 6.75. The van der Waals surface area contributed by atoms with E-state index >= 15 is 0 Å². The van der Waals surface area contributed by atoms with Gasteiger partial charge in [-0.05, 0) is 43.7 Å². The number of nitrogens with zero attached hydrogens (tertiary/aromatic N) is 3. The number of hydrogen-bond acceptors (Lipinski definition) is 4. The molecule has 0 saturated heterocycles. The number of amides is 1. The normalized spacial score (nSPS) is 11.2. The number of nitrogens with one attached hydrogen (secondary N) is 2. The first kappa shape index (κ1) is 18.3. The molecule has 7 heteroatoms. The third-order valence-corrected chi connectivity index (χ3v) is 5.30. The summed E-state index contributed by atoms with van der Waals surface area (Å²) in [5.41, 5.74) is 3.76. The zero-order chi connectivity index (χ0) is 19.5. The highest BCUT2D eigenvalue weighted by molar-refractivity contribution is 7.98. The number of aromatic nitrogens is 4. The maximum absolute atomic E-state index is 12.5. The quantitative estimate of drug-likeness (QED) is 0.459. The van der Waals surface area contributed by atoms with Gasteiger partial charge in [0.1, 0.15) is 5.82 Å². The topological polar surface area (TPSA) is 75.6 Å². The average Bonchev–Trinajstić information content (AvgIpc) is 3.33. The summed E-state index contributed by atoms with van der Waals surface area (Å²) in [6.45, 7) is 4.05. The van der Waals surface area contributed by atoms with Crippen LogP contribution in [0.25, 0.3) is 11.0 Å².